The van der Waals surface area contributed by atoms with Gasteiger partial charge in [0.2, 0.25) is 0 Å². The lowest BCUT2D eigenvalue weighted by Crippen LogP contribution is -2.43. The molecule has 0 aliphatic heterocycles. The van der Waals surface area contributed by atoms with Crippen molar-refractivity contribution in [3.8, 4) is 0 Å². The highest BCUT2D eigenvalue weighted by atomic mass is 14.7. The second kappa shape index (κ2) is 2.52. The van der Waals surface area contributed by atoms with Crippen molar-refractivity contribution in [2.24, 2.45) is 40.9 Å². The molecule has 0 heterocycles. The van der Waals surface area contributed by atoms with Crippen LogP contribution in [0.15, 0.2) is 12.2 Å². The number of hydrogen-bond donors (Lipinski definition) is 0. The summed E-state index contributed by atoms with van der Waals surface area (Å²) in [6, 6.07) is 0. The van der Waals surface area contributed by atoms with E-state index in [0.717, 1.165) is 40.9 Å². The van der Waals surface area contributed by atoms with Crippen LogP contribution in [0.25, 0.3) is 0 Å². The molecule has 0 saturated heterocycles. The van der Waals surface area contributed by atoms with E-state index in [4.69, 9.17) is 0 Å². The van der Waals surface area contributed by atoms with Crippen molar-refractivity contribution in [3.63, 3.8) is 0 Å². The van der Waals surface area contributed by atoms with Gasteiger partial charge in [0.1, 0.15) is 0 Å². The second-order valence-corrected chi connectivity index (χ2v) is 6.84. The predicted octanol–water partition coefficient (Wildman–Crippen LogP) is 3.88. The molecule has 6 atom stereocenters. The second-order valence-electron chi connectivity index (χ2n) is 6.84. The van der Waals surface area contributed by atoms with Crippen molar-refractivity contribution in [3.05, 3.63) is 12.2 Å². The zero-order chi connectivity index (χ0) is 10.2. The lowest BCUT2D eigenvalue weighted by Gasteiger charge is -2.48. The van der Waals surface area contributed by atoms with Gasteiger partial charge in [-0.1, -0.05) is 26.0 Å². The summed E-state index contributed by atoms with van der Waals surface area (Å²) in [7, 11) is 0. The minimum Gasteiger partial charge on any atom is -0.0848 e. The molecule has 4 bridgehead atoms. The van der Waals surface area contributed by atoms with Crippen LogP contribution in [-0.4, -0.2) is 0 Å². The highest BCUT2D eigenvalue weighted by Gasteiger charge is 2.68. The fraction of sp³-hybridized carbons (Fsp3) is 0.867. The molecule has 0 aromatic carbocycles. The zero-order valence-electron chi connectivity index (χ0n) is 9.95. The van der Waals surface area contributed by atoms with Crippen LogP contribution in [0.5, 0.6) is 0 Å². The Kier molecular flexibility index (Phi) is 1.49. The Morgan fingerprint density at radius 1 is 1.13 bits per heavy atom. The molecule has 15 heavy (non-hydrogen) atoms. The highest BCUT2D eigenvalue weighted by Crippen LogP contribution is 2.74. The quantitative estimate of drug-likeness (QED) is 0.447. The first-order valence-corrected chi connectivity index (χ1v) is 6.93. The summed E-state index contributed by atoms with van der Waals surface area (Å²) in [4.78, 5) is 0. The molecule has 4 rings (SSSR count). The van der Waals surface area contributed by atoms with Crippen LogP contribution < -0.4 is 0 Å². The van der Waals surface area contributed by atoms with E-state index < -0.39 is 0 Å². The Morgan fingerprint density at radius 2 is 2.00 bits per heavy atom. The molecule has 0 aromatic heterocycles. The molecule has 0 N–H and O–H groups in total. The van der Waals surface area contributed by atoms with Crippen LogP contribution >= 0.6 is 0 Å². The molecule has 3 fully saturated rings. The Morgan fingerprint density at radius 3 is 2.73 bits per heavy atom. The Balaban J connectivity index is 1.88. The molecular formula is C15H22. The Bertz CT molecular complexity index is 327. The van der Waals surface area contributed by atoms with Crippen molar-refractivity contribution in [1.82, 2.24) is 0 Å². The minimum atomic E-state index is 0.752. The topological polar surface area (TPSA) is 0 Å². The number of fused-ring (bicyclic) bond motifs is 9. The normalized spacial score (nSPS) is 59.5. The molecule has 3 saturated carbocycles. The Labute approximate surface area is 93.1 Å². The van der Waals surface area contributed by atoms with Crippen molar-refractivity contribution >= 4 is 0 Å². The largest absolute Gasteiger partial charge is 0.0848 e. The first kappa shape index (κ1) is 8.84. The van der Waals surface area contributed by atoms with Gasteiger partial charge in [-0.3, -0.25) is 0 Å². The van der Waals surface area contributed by atoms with E-state index in [-0.39, 0.29) is 0 Å². The van der Waals surface area contributed by atoms with E-state index in [1.165, 1.54) is 6.42 Å². The maximum Gasteiger partial charge on any atom is -0.0146 e. The summed E-state index contributed by atoms with van der Waals surface area (Å²) in [5.41, 5.74) is 0.752. The fourth-order valence-corrected chi connectivity index (χ4v) is 6.40. The third-order valence-corrected chi connectivity index (χ3v) is 6.49. The lowest BCUT2D eigenvalue weighted by molar-refractivity contribution is 0.0124. The molecule has 82 valence electrons. The highest BCUT2D eigenvalue weighted by molar-refractivity contribution is 5.26. The van der Waals surface area contributed by atoms with Crippen molar-refractivity contribution in [2.75, 3.05) is 0 Å². The molecule has 0 amide bonds. The van der Waals surface area contributed by atoms with Crippen LogP contribution in [0, 0.1) is 40.9 Å². The van der Waals surface area contributed by atoms with Gasteiger partial charge < -0.3 is 0 Å². The molecule has 0 radical (unpaired) electrons. The van der Waals surface area contributed by atoms with Crippen molar-refractivity contribution in [1.29, 1.82) is 0 Å². The number of hydrogen-bond acceptors (Lipinski definition) is 0. The van der Waals surface area contributed by atoms with E-state index in [1.807, 2.05) is 0 Å². The summed E-state index contributed by atoms with van der Waals surface area (Å²) >= 11 is 0. The van der Waals surface area contributed by atoms with Crippen LogP contribution in [0.1, 0.15) is 39.5 Å². The van der Waals surface area contributed by atoms with Gasteiger partial charge in [0, 0.05) is 0 Å². The van der Waals surface area contributed by atoms with Crippen LogP contribution in [0.4, 0.5) is 0 Å². The molecule has 0 heteroatoms. The predicted molar refractivity (Wildman–Crippen MR) is 62.3 cm³/mol. The molecule has 0 aromatic rings. The standard InChI is InChI=1S/C15H22/c1-9(2)15-12-5-3-10(7-12)14(15)11-4-6-13(15)8-11/h3,5,9-14H,4,6-8H2,1-2H3. The third-order valence-electron chi connectivity index (χ3n) is 6.49. The summed E-state index contributed by atoms with van der Waals surface area (Å²) in [5, 5.41) is 0. The van der Waals surface area contributed by atoms with Gasteiger partial charge in [-0.2, -0.15) is 0 Å². The van der Waals surface area contributed by atoms with Gasteiger partial charge in [-0.15, -0.1) is 0 Å². The van der Waals surface area contributed by atoms with Crippen LogP contribution in [0.2, 0.25) is 0 Å². The molecule has 4 aliphatic rings. The number of rotatable bonds is 1. The summed E-state index contributed by atoms with van der Waals surface area (Å²) in [6.45, 7) is 5.00. The SMILES string of the molecule is CC(C)C12C3C=CC(C3)C1C1CCC2C1. The van der Waals surface area contributed by atoms with E-state index in [1.54, 1.807) is 19.3 Å². The lowest BCUT2D eigenvalue weighted by atomic mass is 9.56. The first-order valence-electron chi connectivity index (χ1n) is 6.93. The van der Waals surface area contributed by atoms with Gasteiger partial charge in [-0.05, 0) is 66.6 Å². The average Bonchev–Trinajstić information content (AvgIpc) is 2.95. The zero-order valence-corrected chi connectivity index (χ0v) is 9.95. The van der Waals surface area contributed by atoms with Gasteiger partial charge >= 0.3 is 0 Å². The van der Waals surface area contributed by atoms with Crippen LogP contribution in [0.3, 0.4) is 0 Å². The van der Waals surface area contributed by atoms with E-state index >= 15 is 0 Å². The molecular weight excluding hydrogens is 180 g/mol. The third kappa shape index (κ3) is 0.765. The van der Waals surface area contributed by atoms with E-state index in [9.17, 15) is 0 Å². The summed E-state index contributed by atoms with van der Waals surface area (Å²) in [5.74, 6) is 6.14. The smallest absolute Gasteiger partial charge is 0.0146 e. The van der Waals surface area contributed by atoms with Gasteiger partial charge in [0.25, 0.3) is 0 Å². The fourth-order valence-electron chi connectivity index (χ4n) is 6.40. The molecule has 0 nitrogen and oxygen atoms in total. The van der Waals surface area contributed by atoms with E-state index in [0.29, 0.717) is 0 Å². The summed E-state index contributed by atoms with van der Waals surface area (Å²) < 4.78 is 0. The number of allylic oxidation sites excluding steroid dienone is 2. The molecule has 6 unspecified atom stereocenters. The van der Waals surface area contributed by atoms with Crippen LogP contribution in [-0.2, 0) is 0 Å². The van der Waals surface area contributed by atoms with Gasteiger partial charge in [0.15, 0.2) is 0 Å². The van der Waals surface area contributed by atoms with Crippen molar-refractivity contribution < 1.29 is 0 Å². The monoisotopic (exact) mass is 202 g/mol. The van der Waals surface area contributed by atoms with Gasteiger partial charge in [0.05, 0.1) is 0 Å². The summed E-state index contributed by atoms with van der Waals surface area (Å²) in [6.07, 6.45) is 11.4. The first-order chi connectivity index (χ1) is 7.24. The molecule has 0 spiro atoms. The van der Waals surface area contributed by atoms with Crippen molar-refractivity contribution in [2.45, 2.75) is 39.5 Å². The molecule has 4 aliphatic carbocycles. The maximum absolute atomic E-state index is 2.59. The van der Waals surface area contributed by atoms with Gasteiger partial charge in [-0.25, -0.2) is 0 Å². The average molecular weight is 202 g/mol. The Hall–Kier alpha value is -0.260. The van der Waals surface area contributed by atoms with E-state index in [2.05, 4.69) is 26.0 Å². The maximum atomic E-state index is 2.59. The minimum absolute atomic E-state index is 0.752.